The Morgan fingerprint density at radius 1 is 0.692 bits per heavy atom. The summed E-state index contributed by atoms with van der Waals surface area (Å²) in [5, 5.41) is 14.9. The molecule has 124 valence electrons. The second-order valence-electron chi connectivity index (χ2n) is 7.11. The molecular weight excluding hydrogens is 318 g/mol. The highest BCUT2D eigenvalue weighted by Crippen LogP contribution is 2.40. The van der Waals surface area contributed by atoms with Crippen LogP contribution in [0.5, 0.6) is 0 Å². The predicted molar refractivity (Wildman–Crippen MR) is 109 cm³/mol. The first-order chi connectivity index (χ1) is 12.9. The number of rotatable bonds is 1. The number of hydrogen-bond acceptors (Lipinski definition) is 2. The van der Waals surface area contributed by atoms with Crippen molar-refractivity contribution in [2.24, 2.45) is 5.16 Å². The van der Waals surface area contributed by atoms with E-state index < -0.39 is 0 Å². The van der Waals surface area contributed by atoms with Gasteiger partial charge in [0.15, 0.2) is 0 Å². The van der Waals surface area contributed by atoms with E-state index >= 15 is 0 Å². The molecule has 1 heterocycles. The van der Waals surface area contributed by atoms with Crippen molar-refractivity contribution in [2.45, 2.75) is 12.8 Å². The lowest BCUT2D eigenvalue weighted by atomic mass is 9.88. The number of fused-ring (bicyclic) bond motifs is 2. The van der Waals surface area contributed by atoms with Gasteiger partial charge in [0.05, 0.1) is 5.71 Å². The maximum atomic E-state index is 5.36. The molecule has 6 rings (SSSR count). The van der Waals surface area contributed by atoms with Crippen LogP contribution >= 0.6 is 0 Å². The van der Waals surface area contributed by atoms with Crippen LogP contribution in [-0.4, -0.2) is 12.3 Å². The molecule has 5 aromatic carbocycles. The van der Waals surface area contributed by atoms with E-state index in [1.54, 1.807) is 0 Å². The van der Waals surface area contributed by atoms with Crippen molar-refractivity contribution in [1.29, 1.82) is 0 Å². The van der Waals surface area contributed by atoms with Crippen molar-refractivity contribution in [2.75, 3.05) is 6.61 Å². The van der Waals surface area contributed by atoms with Crippen LogP contribution in [0.25, 0.3) is 43.1 Å². The van der Waals surface area contributed by atoms with Gasteiger partial charge in [0.25, 0.3) is 0 Å². The molecule has 0 saturated carbocycles. The fourth-order valence-corrected chi connectivity index (χ4v) is 4.49. The van der Waals surface area contributed by atoms with Crippen molar-refractivity contribution in [1.82, 2.24) is 0 Å². The molecule has 5 aromatic rings. The van der Waals surface area contributed by atoms with Gasteiger partial charge in [-0.2, -0.15) is 0 Å². The summed E-state index contributed by atoms with van der Waals surface area (Å²) >= 11 is 0. The molecule has 26 heavy (non-hydrogen) atoms. The Morgan fingerprint density at radius 3 is 2.04 bits per heavy atom. The number of benzene rings is 5. The van der Waals surface area contributed by atoms with E-state index in [1.165, 1.54) is 48.7 Å². The van der Waals surface area contributed by atoms with Gasteiger partial charge in [-0.1, -0.05) is 59.8 Å². The van der Waals surface area contributed by atoms with Crippen LogP contribution in [-0.2, 0) is 4.84 Å². The van der Waals surface area contributed by atoms with Gasteiger partial charge in [-0.25, -0.2) is 0 Å². The molecule has 0 unspecified atom stereocenters. The average molecular weight is 335 g/mol. The summed E-state index contributed by atoms with van der Waals surface area (Å²) in [6.07, 6.45) is 2.01. The van der Waals surface area contributed by atoms with Gasteiger partial charge in [0.2, 0.25) is 0 Å². The Kier molecular flexibility index (Phi) is 2.81. The maximum Gasteiger partial charge on any atom is 0.117 e. The van der Waals surface area contributed by atoms with E-state index in [1.807, 2.05) is 0 Å². The van der Waals surface area contributed by atoms with E-state index in [2.05, 4.69) is 71.9 Å². The van der Waals surface area contributed by atoms with E-state index in [9.17, 15) is 0 Å². The van der Waals surface area contributed by atoms with Gasteiger partial charge in [-0.05, 0) is 68.1 Å². The smallest absolute Gasteiger partial charge is 0.117 e. The molecule has 0 fully saturated rings. The van der Waals surface area contributed by atoms with Crippen molar-refractivity contribution >= 4 is 48.8 Å². The Labute approximate surface area is 151 Å². The van der Waals surface area contributed by atoms with Gasteiger partial charge < -0.3 is 4.84 Å². The Hall–Kier alpha value is -3.13. The minimum absolute atomic E-state index is 0.723. The molecular formula is C24H17NO. The average Bonchev–Trinajstić information content (AvgIpc) is 2.72. The summed E-state index contributed by atoms with van der Waals surface area (Å²) in [5.41, 5.74) is 2.24. The molecule has 0 bridgehead atoms. The summed E-state index contributed by atoms with van der Waals surface area (Å²) < 4.78 is 0. The summed E-state index contributed by atoms with van der Waals surface area (Å²) in [6, 6.07) is 24.4. The van der Waals surface area contributed by atoms with Gasteiger partial charge in [-0.3, -0.25) is 0 Å². The molecule has 0 aromatic heterocycles. The zero-order valence-electron chi connectivity index (χ0n) is 14.3. The van der Waals surface area contributed by atoms with Crippen LogP contribution in [0.4, 0.5) is 0 Å². The predicted octanol–water partition coefficient (Wildman–Crippen LogP) is 6.25. The van der Waals surface area contributed by atoms with Crippen LogP contribution < -0.4 is 0 Å². The quantitative estimate of drug-likeness (QED) is 0.262. The molecule has 1 aliphatic heterocycles. The zero-order chi connectivity index (χ0) is 17.1. The van der Waals surface area contributed by atoms with Gasteiger partial charge in [-0.15, -0.1) is 0 Å². The zero-order valence-corrected chi connectivity index (χ0v) is 14.3. The molecule has 0 radical (unpaired) electrons. The highest BCUT2D eigenvalue weighted by atomic mass is 16.6. The molecule has 0 spiro atoms. The first kappa shape index (κ1) is 14.1. The molecule has 0 aliphatic carbocycles. The minimum atomic E-state index is 0.723. The first-order valence-corrected chi connectivity index (χ1v) is 9.19. The van der Waals surface area contributed by atoms with Crippen LogP contribution in [0.2, 0.25) is 0 Å². The van der Waals surface area contributed by atoms with E-state index in [-0.39, 0.29) is 0 Å². The number of hydrogen-bond donors (Lipinski definition) is 0. The van der Waals surface area contributed by atoms with Crippen molar-refractivity contribution in [3.05, 3.63) is 72.3 Å². The SMILES string of the molecule is c1cc2cccc3c4cc(C5=NOCCC5)cc5cccc(c(c1)c23)c54. The van der Waals surface area contributed by atoms with Crippen LogP contribution in [0, 0.1) is 0 Å². The van der Waals surface area contributed by atoms with E-state index in [0.717, 1.165) is 25.2 Å². The molecule has 0 N–H and O–H groups in total. The fourth-order valence-electron chi connectivity index (χ4n) is 4.49. The van der Waals surface area contributed by atoms with Gasteiger partial charge >= 0.3 is 0 Å². The van der Waals surface area contributed by atoms with Crippen molar-refractivity contribution < 1.29 is 4.84 Å². The lowest BCUT2D eigenvalue weighted by Crippen LogP contribution is -2.09. The Morgan fingerprint density at radius 2 is 1.35 bits per heavy atom. The maximum absolute atomic E-state index is 5.36. The van der Waals surface area contributed by atoms with Crippen molar-refractivity contribution in [3.63, 3.8) is 0 Å². The summed E-state index contributed by atoms with van der Waals surface area (Å²) in [5.74, 6) is 0. The van der Waals surface area contributed by atoms with Crippen LogP contribution in [0.3, 0.4) is 0 Å². The largest absolute Gasteiger partial charge is 0.396 e. The standard InChI is InChI=1S/C24H17NO/c1-5-15-6-2-10-20-21-14-17(22-11-4-12-26-25-22)13-16-7-3-9-19(24(16)21)18(8-1)23(15)20/h1-3,5-10,13-14H,4,11-12H2. The third kappa shape index (κ3) is 1.84. The minimum Gasteiger partial charge on any atom is -0.396 e. The fraction of sp³-hybridized carbons (Fsp3) is 0.125. The molecule has 0 atom stereocenters. The second-order valence-corrected chi connectivity index (χ2v) is 7.11. The third-order valence-corrected chi connectivity index (χ3v) is 5.62. The van der Waals surface area contributed by atoms with E-state index in [0.29, 0.717) is 0 Å². The highest BCUT2D eigenvalue weighted by Gasteiger charge is 2.16. The van der Waals surface area contributed by atoms with Crippen LogP contribution in [0.1, 0.15) is 18.4 Å². The molecule has 1 aliphatic rings. The number of oxime groups is 1. The monoisotopic (exact) mass is 335 g/mol. The third-order valence-electron chi connectivity index (χ3n) is 5.62. The normalized spacial score (nSPS) is 15.0. The van der Waals surface area contributed by atoms with Crippen molar-refractivity contribution in [3.8, 4) is 0 Å². The number of nitrogens with zero attached hydrogens (tertiary/aromatic N) is 1. The summed E-state index contributed by atoms with van der Waals surface area (Å²) in [7, 11) is 0. The summed E-state index contributed by atoms with van der Waals surface area (Å²) in [6.45, 7) is 0.723. The van der Waals surface area contributed by atoms with Gasteiger partial charge in [0, 0.05) is 5.56 Å². The summed E-state index contributed by atoms with van der Waals surface area (Å²) in [4.78, 5) is 5.36. The molecule has 0 saturated heterocycles. The Balaban J connectivity index is 1.85. The first-order valence-electron chi connectivity index (χ1n) is 9.19. The topological polar surface area (TPSA) is 21.6 Å². The highest BCUT2D eigenvalue weighted by molar-refractivity contribution is 6.33. The van der Waals surface area contributed by atoms with E-state index in [4.69, 9.17) is 4.84 Å². The Bertz CT molecular complexity index is 1330. The lowest BCUT2D eigenvalue weighted by Gasteiger charge is -2.17. The van der Waals surface area contributed by atoms with Crippen LogP contribution in [0.15, 0.2) is 71.9 Å². The lowest BCUT2D eigenvalue weighted by molar-refractivity contribution is 0.132. The molecule has 2 nitrogen and oxygen atoms in total. The molecule has 2 heteroatoms. The second kappa shape index (κ2) is 5.18. The van der Waals surface area contributed by atoms with Gasteiger partial charge in [0.1, 0.15) is 6.61 Å². The molecule has 0 amide bonds.